The summed E-state index contributed by atoms with van der Waals surface area (Å²) in [5, 5.41) is 3.27. The summed E-state index contributed by atoms with van der Waals surface area (Å²) >= 11 is 3.52. The summed E-state index contributed by atoms with van der Waals surface area (Å²) in [5.41, 5.74) is 1.23. The molecule has 0 heterocycles. The maximum absolute atomic E-state index is 6.05. The summed E-state index contributed by atoms with van der Waals surface area (Å²) < 4.78 is 7.13. The molecule has 3 heteroatoms. The SMILES string of the molecule is CNC(C)c1ccc(Br)cc1OCC1CCCC1. The summed E-state index contributed by atoms with van der Waals surface area (Å²) in [6.45, 7) is 3.02. The molecule has 2 nitrogen and oxygen atoms in total. The number of hydrogen-bond acceptors (Lipinski definition) is 2. The standard InChI is InChI=1S/C15H22BrNO/c1-11(17-2)14-8-7-13(16)9-15(14)18-10-12-5-3-4-6-12/h7-9,11-12,17H,3-6,10H2,1-2H3. The Hall–Kier alpha value is -0.540. The monoisotopic (exact) mass is 311 g/mol. The van der Waals surface area contributed by atoms with Gasteiger partial charge in [-0.25, -0.2) is 0 Å². The van der Waals surface area contributed by atoms with E-state index in [-0.39, 0.29) is 0 Å². The molecular weight excluding hydrogens is 290 g/mol. The lowest BCUT2D eigenvalue weighted by molar-refractivity contribution is 0.248. The molecule has 1 fully saturated rings. The van der Waals surface area contributed by atoms with E-state index < -0.39 is 0 Å². The molecule has 1 unspecified atom stereocenters. The minimum Gasteiger partial charge on any atom is -0.493 e. The van der Waals surface area contributed by atoms with Gasteiger partial charge in [0.2, 0.25) is 0 Å². The number of benzene rings is 1. The molecule has 0 bridgehead atoms. The van der Waals surface area contributed by atoms with Crippen LogP contribution in [0.2, 0.25) is 0 Å². The lowest BCUT2D eigenvalue weighted by Crippen LogP contribution is -2.15. The van der Waals surface area contributed by atoms with Crippen molar-refractivity contribution in [3.8, 4) is 5.75 Å². The van der Waals surface area contributed by atoms with E-state index >= 15 is 0 Å². The smallest absolute Gasteiger partial charge is 0.125 e. The lowest BCUT2D eigenvalue weighted by Gasteiger charge is -2.18. The Morgan fingerprint density at radius 3 is 2.78 bits per heavy atom. The summed E-state index contributed by atoms with van der Waals surface area (Å²) in [7, 11) is 1.98. The molecule has 1 aromatic carbocycles. The van der Waals surface area contributed by atoms with Gasteiger partial charge in [0.15, 0.2) is 0 Å². The minimum absolute atomic E-state index is 0.316. The van der Waals surface area contributed by atoms with Crippen LogP contribution in [0.5, 0.6) is 5.75 Å². The largest absolute Gasteiger partial charge is 0.493 e. The first-order valence-corrected chi connectivity index (χ1v) is 7.59. The van der Waals surface area contributed by atoms with Crippen molar-refractivity contribution >= 4 is 15.9 Å². The highest BCUT2D eigenvalue weighted by atomic mass is 79.9. The second-order valence-electron chi connectivity index (χ2n) is 5.15. The van der Waals surface area contributed by atoms with Gasteiger partial charge in [0, 0.05) is 16.1 Å². The Bertz CT molecular complexity index is 388. The molecule has 1 saturated carbocycles. The van der Waals surface area contributed by atoms with Crippen molar-refractivity contribution in [2.24, 2.45) is 5.92 Å². The van der Waals surface area contributed by atoms with E-state index in [0.29, 0.717) is 6.04 Å². The second-order valence-corrected chi connectivity index (χ2v) is 6.07. The Morgan fingerprint density at radius 2 is 2.11 bits per heavy atom. The van der Waals surface area contributed by atoms with Crippen molar-refractivity contribution < 1.29 is 4.74 Å². The van der Waals surface area contributed by atoms with Crippen molar-refractivity contribution in [2.75, 3.05) is 13.7 Å². The quantitative estimate of drug-likeness (QED) is 0.875. The molecule has 0 spiro atoms. The number of rotatable bonds is 5. The van der Waals surface area contributed by atoms with Crippen molar-refractivity contribution in [1.82, 2.24) is 5.32 Å². The Morgan fingerprint density at radius 1 is 1.39 bits per heavy atom. The van der Waals surface area contributed by atoms with Crippen molar-refractivity contribution in [3.63, 3.8) is 0 Å². The van der Waals surface area contributed by atoms with Gasteiger partial charge in [0.1, 0.15) is 5.75 Å². The van der Waals surface area contributed by atoms with Crippen LogP contribution in [0.25, 0.3) is 0 Å². The van der Waals surface area contributed by atoms with E-state index in [1.54, 1.807) is 0 Å². The minimum atomic E-state index is 0.316. The molecule has 2 rings (SSSR count). The number of halogens is 1. The summed E-state index contributed by atoms with van der Waals surface area (Å²) in [6, 6.07) is 6.61. The zero-order valence-corrected chi connectivity index (χ0v) is 12.8. The molecule has 0 amide bonds. The van der Waals surface area contributed by atoms with Gasteiger partial charge < -0.3 is 10.1 Å². The van der Waals surface area contributed by atoms with Crippen LogP contribution in [0.4, 0.5) is 0 Å². The van der Waals surface area contributed by atoms with E-state index in [1.807, 2.05) is 7.05 Å². The molecular formula is C15H22BrNO. The fourth-order valence-electron chi connectivity index (χ4n) is 2.53. The fourth-order valence-corrected chi connectivity index (χ4v) is 2.87. The van der Waals surface area contributed by atoms with Gasteiger partial charge in [-0.05, 0) is 44.9 Å². The lowest BCUT2D eigenvalue weighted by atomic mass is 10.1. The third-order valence-electron chi connectivity index (χ3n) is 3.82. The molecule has 0 radical (unpaired) electrons. The van der Waals surface area contributed by atoms with Gasteiger partial charge in [-0.3, -0.25) is 0 Å². The second kappa shape index (κ2) is 6.58. The predicted molar refractivity (Wildman–Crippen MR) is 79.1 cm³/mol. The molecule has 0 aliphatic heterocycles. The van der Waals surface area contributed by atoms with Gasteiger partial charge in [0.05, 0.1) is 6.61 Å². The van der Waals surface area contributed by atoms with Crippen LogP contribution in [0, 0.1) is 5.92 Å². The van der Waals surface area contributed by atoms with Gasteiger partial charge in [-0.2, -0.15) is 0 Å². The first-order chi connectivity index (χ1) is 8.70. The molecule has 1 atom stereocenters. The number of hydrogen-bond donors (Lipinski definition) is 1. The topological polar surface area (TPSA) is 21.3 Å². The van der Waals surface area contributed by atoms with Crippen LogP contribution in [-0.4, -0.2) is 13.7 Å². The zero-order chi connectivity index (χ0) is 13.0. The normalized spacial score (nSPS) is 17.9. The highest BCUT2D eigenvalue weighted by Crippen LogP contribution is 2.31. The Labute approximate surface area is 118 Å². The Kier molecular flexibility index (Phi) is 5.07. The zero-order valence-electron chi connectivity index (χ0n) is 11.2. The van der Waals surface area contributed by atoms with Gasteiger partial charge in [-0.15, -0.1) is 0 Å². The number of nitrogens with one attached hydrogen (secondary N) is 1. The van der Waals surface area contributed by atoms with Crippen molar-refractivity contribution in [1.29, 1.82) is 0 Å². The maximum Gasteiger partial charge on any atom is 0.125 e. The maximum atomic E-state index is 6.05. The molecule has 0 saturated heterocycles. The van der Waals surface area contributed by atoms with Gasteiger partial charge in [0.25, 0.3) is 0 Å². The summed E-state index contributed by atoms with van der Waals surface area (Å²) in [4.78, 5) is 0. The van der Waals surface area contributed by atoms with E-state index in [2.05, 4.69) is 46.4 Å². The molecule has 1 aliphatic rings. The van der Waals surface area contributed by atoms with Crippen molar-refractivity contribution in [2.45, 2.75) is 38.6 Å². The summed E-state index contributed by atoms with van der Waals surface area (Å²) in [6.07, 6.45) is 5.38. The average Bonchev–Trinajstić information content (AvgIpc) is 2.88. The van der Waals surface area contributed by atoms with Gasteiger partial charge >= 0.3 is 0 Å². The van der Waals surface area contributed by atoms with Crippen LogP contribution in [0.3, 0.4) is 0 Å². The van der Waals surface area contributed by atoms with E-state index in [0.717, 1.165) is 22.7 Å². The molecule has 0 aromatic heterocycles. The van der Waals surface area contributed by atoms with Crippen LogP contribution >= 0.6 is 15.9 Å². The third kappa shape index (κ3) is 3.48. The molecule has 1 N–H and O–H groups in total. The van der Waals surface area contributed by atoms with Crippen molar-refractivity contribution in [3.05, 3.63) is 28.2 Å². The van der Waals surface area contributed by atoms with Crippen LogP contribution in [-0.2, 0) is 0 Å². The third-order valence-corrected chi connectivity index (χ3v) is 4.32. The first kappa shape index (κ1) is 13.9. The average molecular weight is 312 g/mol. The molecule has 18 heavy (non-hydrogen) atoms. The molecule has 1 aromatic rings. The molecule has 100 valence electrons. The van der Waals surface area contributed by atoms with Crippen LogP contribution < -0.4 is 10.1 Å². The van der Waals surface area contributed by atoms with Crippen LogP contribution in [0.1, 0.15) is 44.2 Å². The molecule has 1 aliphatic carbocycles. The number of ether oxygens (including phenoxy) is 1. The highest BCUT2D eigenvalue weighted by molar-refractivity contribution is 9.10. The Balaban J connectivity index is 2.06. The van der Waals surface area contributed by atoms with Crippen LogP contribution in [0.15, 0.2) is 22.7 Å². The van der Waals surface area contributed by atoms with Gasteiger partial charge in [-0.1, -0.05) is 34.8 Å². The van der Waals surface area contributed by atoms with E-state index in [4.69, 9.17) is 4.74 Å². The van der Waals surface area contributed by atoms with E-state index in [1.165, 1.54) is 31.2 Å². The predicted octanol–water partition coefficient (Wildman–Crippen LogP) is 4.30. The fraction of sp³-hybridized carbons (Fsp3) is 0.600. The first-order valence-electron chi connectivity index (χ1n) is 6.80. The highest BCUT2D eigenvalue weighted by Gasteiger charge is 2.17. The van der Waals surface area contributed by atoms with E-state index in [9.17, 15) is 0 Å². The summed E-state index contributed by atoms with van der Waals surface area (Å²) in [5.74, 6) is 1.76.